The van der Waals surface area contributed by atoms with Gasteiger partial charge in [-0.05, 0) is 45.1 Å². The third-order valence-corrected chi connectivity index (χ3v) is 7.43. The minimum atomic E-state index is -3.07. The quantitative estimate of drug-likeness (QED) is 0.272. The van der Waals surface area contributed by atoms with Crippen molar-refractivity contribution in [2.75, 3.05) is 39.0 Å². The molecule has 2 aliphatic rings. The number of hydrogen-bond acceptors (Lipinski definition) is 5. The molecule has 31 heavy (non-hydrogen) atoms. The first-order valence-electron chi connectivity index (χ1n) is 10.9. The largest absolute Gasteiger partial charge is 0.493 e. The lowest BCUT2D eigenvalue weighted by Crippen LogP contribution is -2.42. The van der Waals surface area contributed by atoms with E-state index in [9.17, 15) is 8.42 Å². The lowest BCUT2D eigenvalue weighted by Gasteiger charge is -2.19. The first kappa shape index (κ1) is 26.0. The summed E-state index contributed by atoms with van der Waals surface area (Å²) >= 11 is 0. The molecule has 1 aliphatic carbocycles. The van der Waals surface area contributed by atoms with Gasteiger partial charge in [-0.15, -0.1) is 24.0 Å². The highest BCUT2D eigenvalue weighted by Gasteiger charge is 2.27. The van der Waals surface area contributed by atoms with Gasteiger partial charge in [-0.25, -0.2) is 17.7 Å². The zero-order valence-electron chi connectivity index (χ0n) is 18.4. The van der Waals surface area contributed by atoms with Gasteiger partial charge < -0.3 is 20.1 Å². The van der Waals surface area contributed by atoms with Crippen LogP contribution in [0.5, 0.6) is 11.5 Å². The van der Waals surface area contributed by atoms with E-state index in [-0.39, 0.29) is 35.8 Å². The number of sulfonamides is 1. The molecule has 0 spiro atoms. The van der Waals surface area contributed by atoms with Crippen molar-refractivity contribution < 1.29 is 17.9 Å². The van der Waals surface area contributed by atoms with Crippen molar-refractivity contribution in [3.63, 3.8) is 0 Å². The molecule has 3 rings (SSSR count). The highest BCUT2D eigenvalue weighted by molar-refractivity contribution is 14.0. The zero-order valence-corrected chi connectivity index (χ0v) is 21.6. The molecule has 1 saturated heterocycles. The van der Waals surface area contributed by atoms with Gasteiger partial charge in [-0.1, -0.05) is 12.1 Å². The summed E-state index contributed by atoms with van der Waals surface area (Å²) in [5.41, 5.74) is 0.973. The topological polar surface area (TPSA) is 92.3 Å². The number of guanidine groups is 1. The van der Waals surface area contributed by atoms with Crippen LogP contribution in [0.2, 0.25) is 0 Å². The van der Waals surface area contributed by atoms with Gasteiger partial charge in [0.25, 0.3) is 0 Å². The van der Waals surface area contributed by atoms with E-state index in [0.717, 1.165) is 36.4 Å². The molecule has 2 N–H and O–H groups in total. The van der Waals surface area contributed by atoms with Gasteiger partial charge in [-0.3, -0.25) is 0 Å². The third kappa shape index (κ3) is 7.38. The van der Waals surface area contributed by atoms with E-state index in [1.54, 1.807) is 11.4 Å². The Bertz CT molecular complexity index is 829. The van der Waals surface area contributed by atoms with E-state index in [1.165, 1.54) is 12.8 Å². The molecule has 0 unspecified atom stereocenters. The Balaban J connectivity index is 0.00000341. The second kappa shape index (κ2) is 12.7. The number of halogens is 1. The van der Waals surface area contributed by atoms with Gasteiger partial charge in [0.05, 0.1) is 25.5 Å². The number of ether oxygens (including phenoxy) is 2. The van der Waals surface area contributed by atoms with Gasteiger partial charge in [0.2, 0.25) is 10.0 Å². The molecule has 176 valence electrons. The maximum Gasteiger partial charge on any atom is 0.214 e. The molecular weight excluding hydrogens is 531 g/mol. The second-order valence-corrected chi connectivity index (χ2v) is 9.75. The van der Waals surface area contributed by atoms with Gasteiger partial charge in [0.15, 0.2) is 17.5 Å². The Labute approximate surface area is 203 Å². The highest BCUT2D eigenvalue weighted by Crippen LogP contribution is 2.35. The van der Waals surface area contributed by atoms with Crippen LogP contribution >= 0.6 is 24.0 Å². The fourth-order valence-corrected chi connectivity index (χ4v) is 5.43. The van der Waals surface area contributed by atoms with E-state index in [1.807, 2.05) is 25.1 Å². The number of nitrogens with one attached hydrogen (secondary N) is 2. The van der Waals surface area contributed by atoms with Crippen LogP contribution in [0.4, 0.5) is 0 Å². The molecule has 0 bridgehead atoms. The van der Waals surface area contributed by atoms with Gasteiger partial charge in [-0.2, -0.15) is 0 Å². The van der Waals surface area contributed by atoms with Crippen LogP contribution in [0.1, 0.15) is 44.6 Å². The van der Waals surface area contributed by atoms with Gasteiger partial charge in [0.1, 0.15) is 0 Å². The number of benzene rings is 1. The normalized spacial score (nSPS) is 19.1. The molecule has 2 fully saturated rings. The molecule has 0 amide bonds. The van der Waals surface area contributed by atoms with Crippen molar-refractivity contribution in [1.29, 1.82) is 0 Å². The molecular formula is C21H35IN4O4S. The Morgan fingerprint density at radius 1 is 1.23 bits per heavy atom. The van der Waals surface area contributed by atoms with Gasteiger partial charge in [0, 0.05) is 31.7 Å². The lowest BCUT2D eigenvalue weighted by molar-refractivity contribution is 0.198. The Morgan fingerprint density at radius 3 is 2.65 bits per heavy atom. The predicted molar refractivity (Wildman–Crippen MR) is 134 cm³/mol. The smallest absolute Gasteiger partial charge is 0.214 e. The number of rotatable bonds is 9. The van der Waals surface area contributed by atoms with Crippen LogP contribution in [-0.2, 0) is 16.6 Å². The number of methoxy groups -OCH3 is 1. The van der Waals surface area contributed by atoms with Crippen molar-refractivity contribution in [3.05, 3.63) is 23.8 Å². The average Bonchev–Trinajstić information content (AvgIpc) is 3.36. The summed E-state index contributed by atoms with van der Waals surface area (Å²) in [6, 6.07) is 5.87. The van der Waals surface area contributed by atoms with Crippen LogP contribution in [0.15, 0.2) is 23.2 Å². The Hall–Kier alpha value is -1.27. The number of nitrogens with zero attached hydrogens (tertiary/aromatic N) is 2. The van der Waals surface area contributed by atoms with E-state index in [4.69, 9.17) is 9.47 Å². The fourth-order valence-electron chi connectivity index (χ4n) is 3.90. The molecule has 1 aromatic rings. The maximum atomic E-state index is 11.9. The number of aliphatic imine (C=N–C) groups is 1. The molecule has 1 aromatic carbocycles. The van der Waals surface area contributed by atoms with Crippen molar-refractivity contribution in [3.8, 4) is 11.5 Å². The van der Waals surface area contributed by atoms with Crippen LogP contribution in [0.25, 0.3) is 0 Å². The molecule has 8 nitrogen and oxygen atoms in total. The van der Waals surface area contributed by atoms with Crippen molar-refractivity contribution in [2.45, 2.75) is 51.7 Å². The Kier molecular flexibility index (Phi) is 10.6. The number of para-hydroxylation sites is 1. The summed E-state index contributed by atoms with van der Waals surface area (Å²) in [5, 5.41) is 6.46. The Morgan fingerprint density at radius 2 is 2.00 bits per heavy atom. The monoisotopic (exact) mass is 566 g/mol. The molecule has 1 saturated carbocycles. The van der Waals surface area contributed by atoms with Crippen LogP contribution in [0, 0.1) is 0 Å². The first-order valence-corrected chi connectivity index (χ1v) is 12.5. The van der Waals surface area contributed by atoms with E-state index in [0.29, 0.717) is 38.6 Å². The first-order chi connectivity index (χ1) is 14.5. The molecule has 1 heterocycles. The zero-order chi connectivity index (χ0) is 21.4. The van der Waals surface area contributed by atoms with E-state index >= 15 is 0 Å². The van der Waals surface area contributed by atoms with Crippen molar-refractivity contribution in [1.82, 2.24) is 14.9 Å². The summed E-state index contributed by atoms with van der Waals surface area (Å²) in [7, 11) is -1.42. The van der Waals surface area contributed by atoms with Crippen LogP contribution in [0.3, 0.4) is 0 Å². The SMILES string of the molecule is CCNC(=NCc1cccc(OC)c1OC1CCCC1)NCCN1CCCS1(=O)=O.I. The van der Waals surface area contributed by atoms with E-state index in [2.05, 4.69) is 15.6 Å². The molecule has 0 radical (unpaired) electrons. The summed E-state index contributed by atoms with van der Waals surface area (Å²) in [4.78, 5) is 4.69. The lowest BCUT2D eigenvalue weighted by atomic mass is 10.1. The number of hydrogen-bond donors (Lipinski definition) is 2. The average molecular weight is 567 g/mol. The van der Waals surface area contributed by atoms with Crippen LogP contribution in [-0.4, -0.2) is 63.8 Å². The highest BCUT2D eigenvalue weighted by atomic mass is 127. The minimum Gasteiger partial charge on any atom is -0.493 e. The van der Waals surface area contributed by atoms with Crippen molar-refractivity contribution >= 4 is 40.0 Å². The molecule has 0 aromatic heterocycles. The molecule has 10 heteroatoms. The standard InChI is InChI=1S/C21H34N4O4S.HI/c1-3-22-21(23-12-14-25-13-7-15-30(25,26)27)24-16-17-8-6-11-19(28-2)20(17)29-18-9-4-5-10-18;/h6,8,11,18H,3-5,7,9-10,12-16H2,1-2H3,(H2,22,23,24);1H. The van der Waals surface area contributed by atoms with Gasteiger partial charge >= 0.3 is 0 Å². The van der Waals surface area contributed by atoms with E-state index < -0.39 is 10.0 Å². The summed E-state index contributed by atoms with van der Waals surface area (Å²) in [6.45, 7) is 4.72. The van der Waals surface area contributed by atoms with Crippen LogP contribution < -0.4 is 20.1 Å². The summed E-state index contributed by atoms with van der Waals surface area (Å²) in [6.07, 6.45) is 5.49. The second-order valence-electron chi connectivity index (χ2n) is 7.66. The molecule has 0 atom stereocenters. The fraction of sp³-hybridized carbons (Fsp3) is 0.667. The minimum absolute atomic E-state index is 0. The third-order valence-electron chi connectivity index (χ3n) is 5.48. The predicted octanol–water partition coefficient (Wildman–Crippen LogP) is 2.73. The summed E-state index contributed by atoms with van der Waals surface area (Å²) < 4.78 is 37.2. The molecule has 1 aliphatic heterocycles. The van der Waals surface area contributed by atoms with Crippen molar-refractivity contribution in [2.24, 2.45) is 4.99 Å². The summed E-state index contributed by atoms with van der Waals surface area (Å²) in [5.74, 6) is 2.41. The maximum absolute atomic E-state index is 11.9.